The maximum Gasteiger partial charge on any atom is 0.116 e. The molecule has 0 aliphatic carbocycles. The summed E-state index contributed by atoms with van der Waals surface area (Å²) in [5.41, 5.74) is 0. The second kappa shape index (κ2) is 4.47. The highest BCUT2D eigenvalue weighted by atomic mass is 16.3. The lowest BCUT2D eigenvalue weighted by Gasteiger charge is -2.09. The zero-order chi connectivity index (χ0) is 15.4. The molecule has 0 aliphatic heterocycles. The Balaban J connectivity index is 1.98. The van der Waals surface area contributed by atoms with E-state index in [9.17, 15) is 5.11 Å². The zero-order valence-electron chi connectivity index (χ0n) is 12.5. The third kappa shape index (κ3) is 1.80. The summed E-state index contributed by atoms with van der Waals surface area (Å²) < 4.78 is 0. The first-order chi connectivity index (χ1) is 11.3. The topological polar surface area (TPSA) is 20.2 Å². The number of fused-ring (bicyclic) bond motifs is 6. The fraction of sp³-hybridized carbons (Fsp3) is 0. The van der Waals surface area contributed by atoms with E-state index in [1.54, 1.807) is 6.07 Å². The van der Waals surface area contributed by atoms with Crippen LogP contribution in [-0.4, -0.2) is 5.11 Å². The number of aromatic hydroxyl groups is 1. The Morgan fingerprint density at radius 2 is 1.00 bits per heavy atom. The van der Waals surface area contributed by atoms with E-state index in [1.807, 2.05) is 12.1 Å². The first kappa shape index (κ1) is 12.5. The van der Waals surface area contributed by atoms with Crippen LogP contribution in [0.1, 0.15) is 0 Å². The number of hydrogen-bond acceptors (Lipinski definition) is 1. The van der Waals surface area contributed by atoms with Gasteiger partial charge in [0.2, 0.25) is 0 Å². The van der Waals surface area contributed by atoms with Crippen LogP contribution in [0.15, 0.2) is 78.9 Å². The summed E-state index contributed by atoms with van der Waals surface area (Å²) in [6, 6.07) is 27.2. The van der Waals surface area contributed by atoms with Gasteiger partial charge in [-0.25, -0.2) is 0 Å². The van der Waals surface area contributed by atoms with E-state index in [0.29, 0.717) is 5.75 Å². The van der Waals surface area contributed by atoms with Crippen molar-refractivity contribution < 1.29 is 5.11 Å². The predicted octanol–water partition coefficient (Wildman–Crippen LogP) is 6.01. The summed E-state index contributed by atoms with van der Waals surface area (Å²) >= 11 is 0. The molecule has 0 spiro atoms. The third-order valence-corrected chi connectivity index (χ3v) is 4.68. The van der Waals surface area contributed by atoms with Crippen LogP contribution in [0.5, 0.6) is 5.75 Å². The van der Waals surface area contributed by atoms with Crippen molar-refractivity contribution in [1.82, 2.24) is 0 Å². The highest BCUT2D eigenvalue weighted by Crippen LogP contribution is 2.33. The minimum atomic E-state index is 0.309. The fourth-order valence-electron chi connectivity index (χ4n) is 3.56. The molecule has 0 fully saturated rings. The van der Waals surface area contributed by atoms with Crippen molar-refractivity contribution >= 4 is 43.1 Å². The molecule has 1 heteroatoms. The van der Waals surface area contributed by atoms with Crippen molar-refractivity contribution in [2.75, 3.05) is 0 Å². The quantitative estimate of drug-likeness (QED) is 0.274. The average molecular weight is 294 g/mol. The summed E-state index contributed by atoms with van der Waals surface area (Å²) in [6.45, 7) is 0. The van der Waals surface area contributed by atoms with Gasteiger partial charge in [0.1, 0.15) is 5.75 Å². The molecule has 5 aromatic rings. The SMILES string of the molecule is Oc1ccc2c(ccc3cc4c(ccc5ccccc54)cc32)c1. The lowest BCUT2D eigenvalue weighted by atomic mass is 9.95. The number of phenols is 1. The molecule has 0 heterocycles. The Bertz CT molecular complexity index is 1220. The first-order valence-electron chi connectivity index (χ1n) is 7.77. The largest absolute Gasteiger partial charge is 0.508 e. The Morgan fingerprint density at radius 3 is 1.74 bits per heavy atom. The summed E-state index contributed by atoms with van der Waals surface area (Å²) in [5, 5.41) is 19.5. The number of benzene rings is 5. The molecule has 0 saturated carbocycles. The van der Waals surface area contributed by atoms with Gasteiger partial charge in [0, 0.05) is 0 Å². The highest BCUT2D eigenvalue weighted by Gasteiger charge is 2.06. The van der Waals surface area contributed by atoms with Gasteiger partial charge in [-0.1, -0.05) is 54.6 Å². The van der Waals surface area contributed by atoms with E-state index in [2.05, 4.69) is 60.7 Å². The van der Waals surface area contributed by atoms with Crippen LogP contribution in [0, 0.1) is 0 Å². The zero-order valence-corrected chi connectivity index (χ0v) is 12.5. The fourth-order valence-corrected chi connectivity index (χ4v) is 3.56. The predicted molar refractivity (Wildman–Crippen MR) is 98.1 cm³/mol. The molecule has 0 radical (unpaired) electrons. The van der Waals surface area contributed by atoms with Crippen molar-refractivity contribution in [1.29, 1.82) is 0 Å². The number of hydrogen-bond donors (Lipinski definition) is 1. The highest BCUT2D eigenvalue weighted by molar-refractivity contribution is 6.17. The number of rotatable bonds is 0. The summed E-state index contributed by atoms with van der Waals surface area (Å²) in [4.78, 5) is 0. The van der Waals surface area contributed by atoms with Gasteiger partial charge in [-0.3, -0.25) is 0 Å². The third-order valence-electron chi connectivity index (χ3n) is 4.68. The Morgan fingerprint density at radius 1 is 0.435 bits per heavy atom. The van der Waals surface area contributed by atoms with E-state index < -0.39 is 0 Å². The van der Waals surface area contributed by atoms with E-state index in [0.717, 1.165) is 5.39 Å². The lowest BCUT2D eigenvalue weighted by Crippen LogP contribution is -1.82. The second-order valence-corrected chi connectivity index (χ2v) is 6.05. The second-order valence-electron chi connectivity index (χ2n) is 6.05. The molecule has 0 amide bonds. The van der Waals surface area contributed by atoms with E-state index in [4.69, 9.17) is 0 Å². The van der Waals surface area contributed by atoms with Gasteiger partial charge in [0.15, 0.2) is 0 Å². The molecule has 0 aliphatic rings. The summed E-state index contributed by atoms with van der Waals surface area (Å²) in [6.07, 6.45) is 0. The summed E-state index contributed by atoms with van der Waals surface area (Å²) in [7, 11) is 0. The molecule has 0 unspecified atom stereocenters. The molecule has 23 heavy (non-hydrogen) atoms. The standard InChI is InChI=1S/C22H14O/c23-18-9-10-20-15(11-18)7-8-17-12-21-16(13-22(17)20)6-5-14-3-1-2-4-19(14)21/h1-13,23H. The van der Waals surface area contributed by atoms with Crippen molar-refractivity contribution in [3.8, 4) is 5.75 Å². The van der Waals surface area contributed by atoms with Gasteiger partial charge >= 0.3 is 0 Å². The van der Waals surface area contributed by atoms with Crippen molar-refractivity contribution in [3.05, 3.63) is 78.9 Å². The molecule has 0 aromatic heterocycles. The molecular weight excluding hydrogens is 280 g/mol. The smallest absolute Gasteiger partial charge is 0.116 e. The van der Waals surface area contributed by atoms with E-state index >= 15 is 0 Å². The molecule has 0 saturated heterocycles. The summed E-state index contributed by atoms with van der Waals surface area (Å²) in [5.74, 6) is 0.309. The first-order valence-corrected chi connectivity index (χ1v) is 7.77. The Labute approximate surface area is 133 Å². The molecule has 0 bridgehead atoms. The van der Waals surface area contributed by atoms with Gasteiger partial charge < -0.3 is 5.11 Å². The number of phenolic OH excluding ortho intramolecular Hbond substituents is 1. The molecule has 5 rings (SSSR count). The van der Waals surface area contributed by atoms with Crippen LogP contribution in [-0.2, 0) is 0 Å². The minimum absolute atomic E-state index is 0.309. The average Bonchev–Trinajstić information content (AvgIpc) is 2.59. The normalized spacial score (nSPS) is 11.7. The van der Waals surface area contributed by atoms with Crippen molar-refractivity contribution in [2.24, 2.45) is 0 Å². The minimum Gasteiger partial charge on any atom is -0.508 e. The molecule has 0 atom stereocenters. The monoisotopic (exact) mass is 294 g/mol. The molecule has 1 N–H and O–H groups in total. The Hall–Kier alpha value is -3.06. The van der Waals surface area contributed by atoms with Gasteiger partial charge in [0.05, 0.1) is 0 Å². The van der Waals surface area contributed by atoms with Crippen molar-refractivity contribution in [3.63, 3.8) is 0 Å². The van der Waals surface area contributed by atoms with Gasteiger partial charge in [-0.05, 0) is 67.4 Å². The van der Waals surface area contributed by atoms with E-state index in [-0.39, 0.29) is 0 Å². The maximum atomic E-state index is 9.69. The van der Waals surface area contributed by atoms with Crippen LogP contribution in [0.3, 0.4) is 0 Å². The van der Waals surface area contributed by atoms with Gasteiger partial charge in [0.25, 0.3) is 0 Å². The van der Waals surface area contributed by atoms with Crippen LogP contribution >= 0.6 is 0 Å². The van der Waals surface area contributed by atoms with E-state index in [1.165, 1.54) is 37.7 Å². The lowest BCUT2D eigenvalue weighted by molar-refractivity contribution is 0.476. The molecular formula is C22H14O. The van der Waals surface area contributed by atoms with Crippen LogP contribution in [0.4, 0.5) is 0 Å². The van der Waals surface area contributed by atoms with Gasteiger partial charge in [-0.15, -0.1) is 0 Å². The van der Waals surface area contributed by atoms with Crippen LogP contribution < -0.4 is 0 Å². The van der Waals surface area contributed by atoms with Gasteiger partial charge in [-0.2, -0.15) is 0 Å². The Kier molecular flexibility index (Phi) is 2.42. The molecule has 5 aromatic carbocycles. The molecule has 108 valence electrons. The van der Waals surface area contributed by atoms with Crippen LogP contribution in [0.25, 0.3) is 43.1 Å². The van der Waals surface area contributed by atoms with Crippen LogP contribution in [0.2, 0.25) is 0 Å². The maximum absolute atomic E-state index is 9.69. The van der Waals surface area contributed by atoms with Crippen molar-refractivity contribution in [2.45, 2.75) is 0 Å². The molecule has 1 nitrogen and oxygen atoms in total.